The SMILES string of the molecule is CCOC(=O)c1c(NC(=O)COc2ccc(F)cc2)sc(C)c1C. The van der Waals surface area contributed by atoms with Crippen molar-refractivity contribution in [1.82, 2.24) is 0 Å². The van der Waals surface area contributed by atoms with Gasteiger partial charge < -0.3 is 14.8 Å². The first-order valence-electron chi connectivity index (χ1n) is 7.37. The number of thiophene rings is 1. The summed E-state index contributed by atoms with van der Waals surface area (Å²) in [6, 6.07) is 5.37. The van der Waals surface area contributed by atoms with Crippen molar-refractivity contribution < 1.29 is 23.5 Å². The number of carbonyl (C=O) groups excluding carboxylic acids is 2. The number of carbonyl (C=O) groups is 2. The van der Waals surface area contributed by atoms with Gasteiger partial charge in [-0.1, -0.05) is 0 Å². The van der Waals surface area contributed by atoms with Gasteiger partial charge in [-0.2, -0.15) is 0 Å². The third-order valence-corrected chi connectivity index (χ3v) is 4.42. The third kappa shape index (κ3) is 4.32. The standard InChI is InChI=1S/C17H18FNO4S/c1-4-22-17(21)15-10(2)11(3)24-16(15)19-14(20)9-23-13-7-5-12(18)6-8-13/h5-8H,4,9H2,1-3H3,(H,19,20). The Labute approximate surface area is 143 Å². The van der Waals surface area contributed by atoms with Crippen LogP contribution in [0.15, 0.2) is 24.3 Å². The van der Waals surface area contributed by atoms with Gasteiger partial charge in [0.05, 0.1) is 12.2 Å². The second kappa shape index (κ2) is 7.92. The Morgan fingerprint density at radius 1 is 1.21 bits per heavy atom. The zero-order valence-electron chi connectivity index (χ0n) is 13.6. The van der Waals surface area contributed by atoms with Gasteiger partial charge in [0.15, 0.2) is 6.61 Å². The molecule has 0 aliphatic rings. The predicted octanol–water partition coefficient (Wildman–Crippen LogP) is 3.70. The van der Waals surface area contributed by atoms with Crippen molar-refractivity contribution in [2.75, 3.05) is 18.5 Å². The lowest BCUT2D eigenvalue weighted by atomic mass is 10.1. The molecule has 0 saturated carbocycles. The van der Waals surface area contributed by atoms with Crippen molar-refractivity contribution in [3.05, 3.63) is 46.1 Å². The molecule has 1 heterocycles. The monoisotopic (exact) mass is 351 g/mol. The summed E-state index contributed by atoms with van der Waals surface area (Å²) in [7, 11) is 0. The first-order valence-corrected chi connectivity index (χ1v) is 8.19. The summed E-state index contributed by atoms with van der Waals surface area (Å²) in [4.78, 5) is 25.0. The second-order valence-electron chi connectivity index (χ2n) is 5.00. The van der Waals surface area contributed by atoms with Crippen LogP contribution in [0.25, 0.3) is 0 Å². The molecule has 1 aromatic heterocycles. The minimum absolute atomic E-state index is 0.246. The average Bonchev–Trinajstić information content (AvgIpc) is 2.81. The van der Waals surface area contributed by atoms with E-state index < -0.39 is 11.9 Å². The van der Waals surface area contributed by atoms with Gasteiger partial charge in [-0.05, 0) is 50.6 Å². The maximum absolute atomic E-state index is 12.8. The van der Waals surface area contributed by atoms with Gasteiger partial charge in [-0.3, -0.25) is 4.79 Å². The maximum Gasteiger partial charge on any atom is 0.341 e. The van der Waals surface area contributed by atoms with Crippen LogP contribution >= 0.6 is 11.3 Å². The number of nitrogens with one attached hydrogen (secondary N) is 1. The number of anilines is 1. The first-order chi connectivity index (χ1) is 11.4. The highest BCUT2D eigenvalue weighted by Crippen LogP contribution is 2.33. The van der Waals surface area contributed by atoms with E-state index in [9.17, 15) is 14.0 Å². The highest BCUT2D eigenvalue weighted by Gasteiger charge is 2.22. The quantitative estimate of drug-likeness (QED) is 0.806. The van der Waals surface area contributed by atoms with Crippen LogP contribution < -0.4 is 10.1 Å². The van der Waals surface area contributed by atoms with Crippen molar-refractivity contribution in [2.45, 2.75) is 20.8 Å². The van der Waals surface area contributed by atoms with Gasteiger partial charge in [0.25, 0.3) is 5.91 Å². The Balaban J connectivity index is 2.04. The lowest BCUT2D eigenvalue weighted by Crippen LogP contribution is -2.21. The molecule has 24 heavy (non-hydrogen) atoms. The van der Waals surface area contributed by atoms with Crippen molar-refractivity contribution in [1.29, 1.82) is 0 Å². The molecule has 1 amide bonds. The molecule has 0 aliphatic heterocycles. The van der Waals surface area contributed by atoms with E-state index in [0.717, 1.165) is 10.4 Å². The Kier molecular flexibility index (Phi) is 5.92. The normalized spacial score (nSPS) is 10.3. The summed E-state index contributed by atoms with van der Waals surface area (Å²) < 4.78 is 23.1. The molecule has 0 fully saturated rings. The van der Waals surface area contributed by atoms with Gasteiger partial charge in [-0.15, -0.1) is 11.3 Å². The number of aryl methyl sites for hydroxylation is 1. The van der Waals surface area contributed by atoms with E-state index in [4.69, 9.17) is 9.47 Å². The smallest absolute Gasteiger partial charge is 0.341 e. The average molecular weight is 351 g/mol. The minimum Gasteiger partial charge on any atom is -0.484 e. The van der Waals surface area contributed by atoms with Gasteiger partial charge in [0.2, 0.25) is 0 Å². The molecule has 0 radical (unpaired) electrons. The molecule has 0 bridgehead atoms. The number of esters is 1. The Hall–Kier alpha value is -2.41. The van der Waals surface area contributed by atoms with Crippen LogP contribution in [0.4, 0.5) is 9.39 Å². The van der Waals surface area contributed by atoms with Crippen molar-refractivity contribution in [2.24, 2.45) is 0 Å². The van der Waals surface area contributed by atoms with E-state index in [1.54, 1.807) is 6.92 Å². The van der Waals surface area contributed by atoms with E-state index in [2.05, 4.69) is 5.32 Å². The minimum atomic E-state index is -0.464. The lowest BCUT2D eigenvalue weighted by molar-refractivity contribution is -0.118. The van der Waals surface area contributed by atoms with Crippen LogP contribution in [0.5, 0.6) is 5.75 Å². The molecular formula is C17H18FNO4S. The van der Waals surface area contributed by atoms with Gasteiger partial charge in [0, 0.05) is 4.88 Å². The Morgan fingerprint density at radius 2 is 1.88 bits per heavy atom. The van der Waals surface area contributed by atoms with Crippen molar-refractivity contribution >= 4 is 28.2 Å². The summed E-state index contributed by atoms with van der Waals surface area (Å²) in [6.45, 7) is 5.41. The molecule has 0 unspecified atom stereocenters. The van der Waals surface area contributed by atoms with Crippen LogP contribution in [-0.4, -0.2) is 25.1 Å². The number of ether oxygens (including phenoxy) is 2. The molecule has 0 atom stereocenters. The molecule has 1 aromatic carbocycles. The Bertz CT molecular complexity index is 740. The van der Waals surface area contributed by atoms with Crippen molar-refractivity contribution in [3.8, 4) is 5.75 Å². The van der Waals surface area contributed by atoms with E-state index >= 15 is 0 Å². The van der Waals surface area contributed by atoms with Crippen molar-refractivity contribution in [3.63, 3.8) is 0 Å². The van der Waals surface area contributed by atoms with Gasteiger partial charge in [-0.25, -0.2) is 9.18 Å². The fourth-order valence-corrected chi connectivity index (χ4v) is 3.07. The number of amides is 1. The number of hydrogen-bond donors (Lipinski definition) is 1. The highest BCUT2D eigenvalue weighted by atomic mass is 32.1. The molecule has 0 spiro atoms. The predicted molar refractivity (Wildman–Crippen MR) is 90.3 cm³/mol. The second-order valence-corrected chi connectivity index (χ2v) is 6.22. The van der Waals surface area contributed by atoms with E-state index in [1.807, 2.05) is 13.8 Å². The summed E-state index contributed by atoms with van der Waals surface area (Å²) in [5.41, 5.74) is 1.16. The molecule has 128 valence electrons. The van der Waals surface area contributed by atoms with E-state index in [-0.39, 0.29) is 19.0 Å². The van der Waals surface area contributed by atoms with E-state index in [1.165, 1.54) is 35.6 Å². The fourth-order valence-electron chi connectivity index (χ4n) is 2.01. The van der Waals surface area contributed by atoms with Crippen LogP contribution in [0.2, 0.25) is 0 Å². The topological polar surface area (TPSA) is 64.6 Å². The molecule has 0 saturated heterocycles. The largest absolute Gasteiger partial charge is 0.484 e. The van der Waals surface area contributed by atoms with Crippen LogP contribution in [-0.2, 0) is 9.53 Å². The fraction of sp³-hybridized carbons (Fsp3) is 0.294. The third-order valence-electron chi connectivity index (χ3n) is 3.30. The summed E-state index contributed by atoms with van der Waals surface area (Å²) in [6.07, 6.45) is 0. The summed E-state index contributed by atoms with van der Waals surface area (Å²) >= 11 is 1.31. The zero-order chi connectivity index (χ0) is 17.7. The molecular weight excluding hydrogens is 333 g/mol. The number of halogens is 1. The summed E-state index contributed by atoms with van der Waals surface area (Å²) in [5, 5.41) is 3.11. The van der Waals surface area contributed by atoms with Crippen LogP contribution in [0.1, 0.15) is 27.7 Å². The molecule has 2 rings (SSSR count). The molecule has 2 aromatic rings. The van der Waals surface area contributed by atoms with E-state index in [0.29, 0.717) is 16.3 Å². The first kappa shape index (κ1) is 17.9. The Morgan fingerprint density at radius 3 is 2.50 bits per heavy atom. The number of benzene rings is 1. The number of hydrogen-bond acceptors (Lipinski definition) is 5. The molecule has 1 N–H and O–H groups in total. The van der Waals surface area contributed by atoms with Gasteiger partial charge in [0.1, 0.15) is 16.6 Å². The molecule has 0 aliphatic carbocycles. The molecule has 7 heteroatoms. The maximum atomic E-state index is 12.8. The lowest BCUT2D eigenvalue weighted by Gasteiger charge is -2.08. The zero-order valence-corrected chi connectivity index (χ0v) is 14.5. The number of rotatable bonds is 6. The van der Waals surface area contributed by atoms with Crippen LogP contribution in [0.3, 0.4) is 0 Å². The molecule has 5 nitrogen and oxygen atoms in total. The highest BCUT2D eigenvalue weighted by molar-refractivity contribution is 7.16. The van der Waals surface area contributed by atoms with Gasteiger partial charge >= 0.3 is 5.97 Å². The summed E-state index contributed by atoms with van der Waals surface area (Å²) in [5.74, 6) is -0.869. The van der Waals surface area contributed by atoms with Crippen LogP contribution in [0, 0.1) is 19.7 Å².